The Bertz CT molecular complexity index is 418. The third-order valence-electron chi connectivity index (χ3n) is 1.77. The summed E-state index contributed by atoms with van der Waals surface area (Å²) in [5, 5.41) is 10.8. The maximum Gasteiger partial charge on any atom is 0.315 e. The van der Waals surface area contributed by atoms with Crippen LogP contribution >= 0.6 is 23.2 Å². The van der Waals surface area contributed by atoms with Gasteiger partial charge in [-0.15, -0.1) is 0 Å². The molecule has 0 aliphatic rings. The Morgan fingerprint density at radius 3 is 2.31 bits per heavy atom. The minimum absolute atomic E-state index is 0.00364. The molecule has 86 valence electrons. The first-order chi connectivity index (χ1) is 7.43. The van der Waals surface area contributed by atoms with Crippen LogP contribution in [0.5, 0.6) is 0 Å². The predicted molar refractivity (Wildman–Crippen MR) is 57.5 cm³/mol. The summed E-state index contributed by atoms with van der Waals surface area (Å²) in [6.07, 6.45) is 1.13. The van der Waals surface area contributed by atoms with Crippen LogP contribution in [0.4, 0.5) is 5.69 Å². The predicted octanol–water partition coefficient (Wildman–Crippen LogP) is 1.44. The Hall–Kier alpha value is -1.40. The van der Waals surface area contributed by atoms with E-state index in [-0.39, 0.29) is 16.0 Å². The zero-order chi connectivity index (χ0) is 12.3. The van der Waals surface area contributed by atoms with Crippen LogP contribution in [0.1, 0.15) is 6.92 Å². The third kappa shape index (κ3) is 2.80. The van der Waals surface area contributed by atoms with Gasteiger partial charge in [0.15, 0.2) is 10.3 Å². The quantitative estimate of drug-likeness (QED) is 0.636. The number of halogens is 2. The van der Waals surface area contributed by atoms with Gasteiger partial charge in [0, 0.05) is 0 Å². The van der Waals surface area contributed by atoms with E-state index < -0.39 is 17.8 Å². The molecule has 2 N–H and O–H groups in total. The molecule has 1 heterocycles. The average Bonchev–Trinajstić information content (AvgIpc) is 2.22. The van der Waals surface area contributed by atoms with E-state index in [1.165, 1.54) is 6.92 Å². The van der Waals surface area contributed by atoms with E-state index in [2.05, 4.69) is 15.3 Å². The first-order valence-electron chi connectivity index (χ1n) is 4.13. The number of carboxylic acids is 1. The third-order valence-corrected chi connectivity index (χ3v) is 2.34. The van der Waals surface area contributed by atoms with Gasteiger partial charge in [-0.25, -0.2) is 9.97 Å². The molecule has 0 aromatic carbocycles. The largest absolute Gasteiger partial charge is 0.481 e. The van der Waals surface area contributed by atoms with Crippen molar-refractivity contribution in [2.45, 2.75) is 6.92 Å². The number of carboxylic acid groups (broad SMARTS) is 1. The Balaban J connectivity index is 2.89. The second-order valence-corrected chi connectivity index (χ2v) is 3.60. The SMILES string of the molecule is CC(C(=O)O)C(=O)Nc1c(Cl)ncnc1Cl. The lowest BCUT2D eigenvalue weighted by atomic mass is 10.2. The zero-order valence-electron chi connectivity index (χ0n) is 8.07. The number of aromatic nitrogens is 2. The lowest BCUT2D eigenvalue weighted by Crippen LogP contribution is -2.27. The minimum atomic E-state index is -1.25. The number of rotatable bonds is 3. The molecule has 1 aromatic rings. The van der Waals surface area contributed by atoms with Crippen LogP contribution in [0.2, 0.25) is 10.3 Å². The summed E-state index contributed by atoms with van der Waals surface area (Å²) in [4.78, 5) is 29.1. The topological polar surface area (TPSA) is 92.2 Å². The molecule has 0 aliphatic carbocycles. The molecule has 6 nitrogen and oxygen atoms in total. The van der Waals surface area contributed by atoms with Crippen molar-refractivity contribution in [2.24, 2.45) is 5.92 Å². The highest BCUT2D eigenvalue weighted by Gasteiger charge is 2.22. The summed E-state index contributed by atoms with van der Waals surface area (Å²) >= 11 is 11.3. The Morgan fingerprint density at radius 1 is 1.38 bits per heavy atom. The fourth-order valence-electron chi connectivity index (χ4n) is 0.791. The number of nitrogens with zero attached hydrogens (tertiary/aromatic N) is 2. The second-order valence-electron chi connectivity index (χ2n) is 2.88. The van der Waals surface area contributed by atoms with Gasteiger partial charge >= 0.3 is 5.97 Å². The van der Waals surface area contributed by atoms with E-state index in [0.29, 0.717) is 0 Å². The molecule has 1 rings (SSSR count). The number of anilines is 1. The van der Waals surface area contributed by atoms with Crippen molar-refractivity contribution in [1.82, 2.24) is 9.97 Å². The van der Waals surface area contributed by atoms with Crippen molar-refractivity contribution in [3.8, 4) is 0 Å². The number of carbonyl (C=O) groups is 2. The van der Waals surface area contributed by atoms with E-state index in [4.69, 9.17) is 28.3 Å². The number of hydrogen-bond donors (Lipinski definition) is 2. The number of carbonyl (C=O) groups excluding carboxylic acids is 1. The molecule has 0 saturated heterocycles. The maximum atomic E-state index is 11.4. The standard InChI is InChI=1S/C8H7Cl2N3O3/c1-3(8(15)16)7(14)13-4-5(9)11-2-12-6(4)10/h2-3H,1H3,(H,13,14)(H,15,16). The molecule has 16 heavy (non-hydrogen) atoms. The molecule has 0 saturated carbocycles. The minimum Gasteiger partial charge on any atom is -0.481 e. The first-order valence-corrected chi connectivity index (χ1v) is 4.88. The molecule has 1 atom stereocenters. The fourth-order valence-corrected chi connectivity index (χ4v) is 1.20. The molecule has 1 aromatic heterocycles. The first kappa shape index (κ1) is 12.7. The number of amides is 1. The van der Waals surface area contributed by atoms with Gasteiger partial charge in [0.2, 0.25) is 5.91 Å². The van der Waals surface area contributed by atoms with Crippen LogP contribution in [0.3, 0.4) is 0 Å². The van der Waals surface area contributed by atoms with E-state index >= 15 is 0 Å². The summed E-state index contributed by atoms with van der Waals surface area (Å²) in [7, 11) is 0. The van der Waals surface area contributed by atoms with Gasteiger partial charge in [-0.1, -0.05) is 23.2 Å². The number of hydrogen-bond acceptors (Lipinski definition) is 4. The highest BCUT2D eigenvalue weighted by atomic mass is 35.5. The van der Waals surface area contributed by atoms with Gasteiger partial charge in [0.25, 0.3) is 0 Å². The second kappa shape index (κ2) is 5.09. The highest BCUT2D eigenvalue weighted by molar-refractivity contribution is 6.38. The molecule has 0 aliphatic heterocycles. The van der Waals surface area contributed by atoms with Gasteiger partial charge in [-0.2, -0.15) is 0 Å². The lowest BCUT2D eigenvalue weighted by molar-refractivity contribution is -0.144. The number of aliphatic carboxylic acids is 1. The summed E-state index contributed by atoms with van der Waals surface area (Å²) in [6, 6.07) is 0. The molecule has 0 bridgehead atoms. The molecule has 8 heteroatoms. The van der Waals surface area contributed by atoms with Gasteiger partial charge in [-0.05, 0) is 6.92 Å². The molecule has 1 amide bonds. The molecule has 0 fully saturated rings. The van der Waals surface area contributed by atoms with Crippen LogP contribution in [-0.4, -0.2) is 27.0 Å². The van der Waals surface area contributed by atoms with Crippen LogP contribution in [0, 0.1) is 5.92 Å². The fraction of sp³-hybridized carbons (Fsp3) is 0.250. The normalized spacial score (nSPS) is 11.9. The van der Waals surface area contributed by atoms with Gasteiger partial charge in [0.05, 0.1) is 0 Å². The van der Waals surface area contributed by atoms with Crippen molar-refractivity contribution >= 4 is 40.8 Å². The molecular formula is C8H7Cl2N3O3. The van der Waals surface area contributed by atoms with E-state index in [1.807, 2.05) is 0 Å². The number of nitrogens with one attached hydrogen (secondary N) is 1. The van der Waals surface area contributed by atoms with Crippen molar-refractivity contribution in [3.63, 3.8) is 0 Å². The molecule has 1 unspecified atom stereocenters. The summed E-state index contributed by atoms with van der Waals surface area (Å²) in [5.41, 5.74) is 0.00364. The van der Waals surface area contributed by atoms with Crippen molar-refractivity contribution in [2.75, 3.05) is 5.32 Å². The molecule has 0 spiro atoms. The van der Waals surface area contributed by atoms with Crippen molar-refractivity contribution in [3.05, 3.63) is 16.6 Å². The zero-order valence-corrected chi connectivity index (χ0v) is 9.58. The van der Waals surface area contributed by atoms with Gasteiger partial charge < -0.3 is 10.4 Å². The molecule has 0 radical (unpaired) electrons. The van der Waals surface area contributed by atoms with Gasteiger partial charge in [-0.3, -0.25) is 9.59 Å². The highest BCUT2D eigenvalue weighted by Crippen LogP contribution is 2.26. The average molecular weight is 264 g/mol. The Morgan fingerprint density at radius 2 is 1.88 bits per heavy atom. The summed E-state index contributed by atoms with van der Waals surface area (Å²) < 4.78 is 0. The van der Waals surface area contributed by atoms with Crippen molar-refractivity contribution < 1.29 is 14.7 Å². The Kier molecular flexibility index (Phi) is 4.03. The van der Waals surface area contributed by atoms with Crippen LogP contribution < -0.4 is 5.32 Å². The van der Waals surface area contributed by atoms with Crippen LogP contribution in [-0.2, 0) is 9.59 Å². The molecular weight excluding hydrogens is 257 g/mol. The van der Waals surface area contributed by atoms with Crippen LogP contribution in [0.25, 0.3) is 0 Å². The van der Waals surface area contributed by atoms with E-state index in [0.717, 1.165) is 6.33 Å². The van der Waals surface area contributed by atoms with E-state index in [9.17, 15) is 9.59 Å². The Labute approximate surface area is 101 Å². The monoisotopic (exact) mass is 263 g/mol. The lowest BCUT2D eigenvalue weighted by Gasteiger charge is -2.09. The summed E-state index contributed by atoms with van der Waals surface area (Å²) in [6.45, 7) is 1.24. The van der Waals surface area contributed by atoms with Crippen LogP contribution in [0.15, 0.2) is 6.33 Å². The maximum absolute atomic E-state index is 11.4. The smallest absolute Gasteiger partial charge is 0.315 e. The van der Waals surface area contributed by atoms with Gasteiger partial charge in [0.1, 0.15) is 17.9 Å². The van der Waals surface area contributed by atoms with Crippen molar-refractivity contribution in [1.29, 1.82) is 0 Å². The summed E-state index contributed by atoms with van der Waals surface area (Å²) in [5.74, 6) is -3.21. The van der Waals surface area contributed by atoms with E-state index in [1.54, 1.807) is 0 Å².